The fraction of sp³-hybridized carbons (Fsp3) is 0.250. The van der Waals surface area contributed by atoms with Crippen LogP contribution in [-0.2, 0) is 13.0 Å². The number of methoxy groups -OCH3 is 2. The lowest BCUT2D eigenvalue weighted by Crippen LogP contribution is -2.36. The zero-order valence-corrected chi connectivity index (χ0v) is 14.6. The molecular formula is C20H19FN2O3. The number of H-pyrrole nitrogens is 1. The van der Waals surface area contributed by atoms with Crippen LogP contribution >= 0.6 is 0 Å². The van der Waals surface area contributed by atoms with Crippen LogP contribution in [0.2, 0.25) is 0 Å². The van der Waals surface area contributed by atoms with Gasteiger partial charge in [0.15, 0.2) is 11.5 Å². The summed E-state index contributed by atoms with van der Waals surface area (Å²) >= 11 is 0. The second-order valence-corrected chi connectivity index (χ2v) is 6.34. The van der Waals surface area contributed by atoms with Crippen molar-refractivity contribution in [2.45, 2.75) is 13.0 Å². The van der Waals surface area contributed by atoms with Gasteiger partial charge >= 0.3 is 0 Å². The van der Waals surface area contributed by atoms with Crippen molar-refractivity contribution in [3.63, 3.8) is 0 Å². The highest BCUT2D eigenvalue weighted by Gasteiger charge is 2.25. The van der Waals surface area contributed by atoms with Crippen LogP contribution < -0.4 is 9.47 Å². The third-order valence-electron chi connectivity index (χ3n) is 4.85. The minimum absolute atomic E-state index is 0.138. The van der Waals surface area contributed by atoms with E-state index >= 15 is 0 Å². The van der Waals surface area contributed by atoms with Crippen LogP contribution in [0.5, 0.6) is 11.5 Å². The first-order valence-electron chi connectivity index (χ1n) is 8.41. The third kappa shape index (κ3) is 2.67. The van der Waals surface area contributed by atoms with Crippen LogP contribution in [0.25, 0.3) is 10.9 Å². The summed E-state index contributed by atoms with van der Waals surface area (Å²) in [5, 5.41) is 0.430. The Bertz CT molecular complexity index is 996. The number of carbonyl (C=O) groups is 1. The normalized spacial score (nSPS) is 13.6. The predicted molar refractivity (Wildman–Crippen MR) is 96.2 cm³/mol. The van der Waals surface area contributed by atoms with E-state index in [1.54, 1.807) is 37.3 Å². The lowest BCUT2D eigenvalue weighted by molar-refractivity contribution is 0.0729. The van der Waals surface area contributed by atoms with Gasteiger partial charge in [-0.15, -0.1) is 0 Å². The Labute approximate surface area is 150 Å². The van der Waals surface area contributed by atoms with E-state index in [2.05, 4.69) is 4.98 Å². The van der Waals surface area contributed by atoms with E-state index in [9.17, 15) is 9.18 Å². The number of nitrogens with zero attached hydrogens (tertiary/aromatic N) is 1. The SMILES string of the molecule is COc1cc2c(cc1OC)CN(C(=O)c1cc3c(F)cccc3[nH]1)CC2. The van der Waals surface area contributed by atoms with Gasteiger partial charge in [-0.25, -0.2) is 4.39 Å². The zero-order valence-electron chi connectivity index (χ0n) is 14.6. The smallest absolute Gasteiger partial charge is 0.270 e. The molecule has 5 nitrogen and oxygen atoms in total. The Hall–Kier alpha value is -3.02. The van der Waals surface area contributed by atoms with Crippen molar-refractivity contribution in [3.05, 3.63) is 59.0 Å². The van der Waals surface area contributed by atoms with Crippen LogP contribution in [0.15, 0.2) is 36.4 Å². The number of hydrogen-bond acceptors (Lipinski definition) is 3. The number of amides is 1. The highest BCUT2D eigenvalue weighted by molar-refractivity contribution is 5.98. The lowest BCUT2D eigenvalue weighted by Gasteiger charge is -2.29. The number of aromatic nitrogens is 1. The van der Waals surface area contributed by atoms with Gasteiger partial charge in [-0.05, 0) is 47.9 Å². The van der Waals surface area contributed by atoms with Crippen molar-refractivity contribution in [3.8, 4) is 11.5 Å². The molecule has 0 spiro atoms. The molecule has 0 atom stereocenters. The highest BCUT2D eigenvalue weighted by atomic mass is 19.1. The molecule has 0 saturated carbocycles. The topological polar surface area (TPSA) is 54.6 Å². The summed E-state index contributed by atoms with van der Waals surface area (Å²) in [4.78, 5) is 17.7. The molecule has 2 aromatic carbocycles. The number of rotatable bonds is 3. The number of nitrogens with one attached hydrogen (secondary N) is 1. The van der Waals surface area contributed by atoms with Gasteiger partial charge in [0, 0.05) is 24.0 Å². The lowest BCUT2D eigenvalue weighted by atomic mass is 9.98. The van der Waals surface area contributed by atoms with Crippen molar-refractivity contribution >= 4 is 16.8 Å². The maximum absolute atomic E-state index is 13.9. The number of aromatic amines is 1. The quantitative estimate of drug-likeness (QED) is 0.783. The van der Waals surface area contributed by atoms with Gasteiger partial charge in [0.05, 0.1) is 14.2 Å². The highest BCUT2D eigenvalue weighted by Crippen LogP contribution is 2.33. The molecule has 1 aliphatic rings. The van der Waals surface area contributed by atoms with Crippen LogP contribution in [0.3, 0.4) is 0 Å². The second-order valence-electron chi connectivity index (χ2n) is 6.34. The van der Waals surface area contributed by atoms with Crippen molar-refractivity contribution < 1.29 is 18.7 Å². The van der Waals surface area contributed by atoms with Crippen molar-refractivity contribution in [1.82, 2.24) is 9.88 Å². The molecule has 26 heavy (non-hydrogen) atoms. The first kappa shape index (κ1) is 16.4. The van der Waals surface area contributed by atoms with Crippen molar-refractivity contribution in [2.75, 3.05) is 20.8 Å². The number of hydrogen-bond donors (Lipinski definition) is 1. The van der Waals surface area contributed by atoms with Crippen LogP contribution in [0, 0.1) is 5.82 Å². The maximum atomic E-state index is 13.9. The first-order valence-corrected chi connectivity index (χ1v) is 8.41. The van der Waals surface area contributed by atoms with Gasteiger partial charge < -0.3 is 19.4 Å². The summed E-state index contributed by atoms with van der Waals surface area (Å²) in [6.07, 6.45) is 0.732. The van der Waals surface area contributed by atoms with E-state index in [0.717, 1.165) is 17.5 Å². The number of halogens is 1. The van der Waals surface area contributed by atoms with Gasteiger partial charge in [-0.2, -0.15) is 0 Å². The Kier molecular flexibility index (Phi) is 4.03. The molecule has 134 valence electrons. The average molecular weight is 354 g/mol. The Balaban J connectivity index is 1.63. The van der Waals surface area contributed by atoms with Gasteiger partial charge in [0.2, 0.25) is 0 Å². The Morgan fingerprint density at radius 3 is 2.54 bits per heavy atom. The van der Waals surface area contributed by atoms with Crippen LogP contribution in [0.4, 0.5) is 4.39 Å². The molecule has 1 aromatic heterocycles. The molecule has 6 heteroatoms. The minimum Gasteiger partial charge on any atom is -0.493 e. The number of fused-ring (bicyclic) bond motifs is 2. The molecule has 1 amide bonds. The summed E-state index contributed by atoms with van der Waals surface area (Å²) in [7, 11) is 3.20. The van der Waals surface area contributed by atoms with Crippen LogP contribution in [0.1, 0.15) is 21.6 Å². The van der Waals surface area contributed by atoms with E-state index in [1.165, 1.54) is 6.07 Å². The predicted octanol–water partition coefficient (Wildman–Crippen LogP) is 3.52. The standard InChI is InChI=1S/C20H19FN2O3/c1-25-18-8-12-6-7-23(11-13(12)9-19(18)26-2)20(24)17-10-14-15(21)4-3-5-16(14)22-17/h3-5,8-10,22H,6-7,11H2,1-2H3. The summed E-state index contributed by atoms with van der Waals surface area (Å²) < 4.78 is 24.6. The van der Waals surface area contributed by atoms with E-state index in [4.69, 9.17) is 9.47 Å². The molecule has 0 saturated heterocycles. The molecule has 3 aromatic rings. The minimum atomic E-state index is -0.335. The zero-order chi connectivity index (χ0) is 18.3. The van der Waals surface area contributed by atoms with Crippen molar-refractivity contribution in [1.29, 1.82) is 0 Å². The van der Waals surface area contributed by atoms with Crippen molar-refractivity contribution in [2.24, 2.45) is 0 Å². The van der Waals surface area contributed by atoms with E-state index < -0.39 is 0 Å². The molecule has 1 aliphatic heterocycles. The molecule has 0 unspecified atom stereocenters. The summed E-state index contributed by atoms with van der Waals surface area (Å²) in [5.74, 6) is 0.866. The van der Waals surface area contributed by atoms with E-state index in [0.29, 0.717) is 41.2 Å². The molecule has 2 heterocycles. The molecule has 1 N–H and O–H groups in total. The van der Waals surface area contributed by atoms with Gasteiger partial charge in [-0.3, -0.25) is 4.79 Å². The van der Waals surface area contributed by atoms with Gasteiger partial charge in [0.1, 0.15) is 11.5 Å². The summed E-state index contributed by atoms with van der Waals surface area (Å²) in [6, 6.07) is 10.2. The molecule has 0 radical (unpaired) electrons. The first-order chi connectivity index (χ1) is 12.6. The fourth-order valence-electron chi connectivity index (χ4n) is 3.46. The number of benzene rings is 2. The molecule has 4 rings (SSSR count). The largest absolute Gasteiger partial charge is 0.493 e. The number of carbonyl (C=O) groups excluding carboxylic acids is 1. The van der Waals surface area contributed by atoms with E-state index in [1.807, 2.05) is 12.1 Å². The Morgan fingerprint density at radius 2 is 1.85 bits per heavy atom. The summed E-state index contributed by atoms with van der Waals surface area (Å²) in [6.45, 7) is 1.07. The maximum Gasteiger partial charge on any atom is 0.270 e. The van der Waals surface area contributed by atoms with Gasteiger partial charge in [0.25, 0.3) is 5.91 Å². The van der Waals surface area contributed by atoms with Gasteiger partial charge in [-0.1, -0.05) is 6.07 Å². The molecule has 0 bridgehead atoms. The fourth-order valence-corrected chi connectivity index (χ4v) is 3.46. The second kappa shape index (κ2) is 6.37. The van der Waals surface area contributed by atoms with Crippen LogP contribution in [-0.4, -0.2) is 36.6 Å². The van der Waals surface area contributed by atoms with E-state index in [-0.39, 0.29) is 11.7 Å². The molecule has 0 aliphatic carbocycles. The number of ether oxygens (including phenoxy) is 2. The average Bonchev–Trinajstić information content (AvgIpc) is 3.11. The Morgan fingerprint density at radius 1 is 1.12 bits per heavy atom. The summed E-state index contributed by atoms with van der Waals surface area (Å²) in [5.41, 5.74) is 3.20. The molecule has 0 fully saturated rings. The monoisotopic (exact) mass is 354 g/mol. The third-order valence-corrected chi connectivity index (χ3v) is 4.85. The molecular weight excluding hydrogens is 335 g/mol.